The van der Waals surface area contributed by atoms with Crippen LogP contribution in [-0.2, 0) is 0 Å². The zero-order valence-electron chi connectivity index (χ0n) is 8.15. The fourth-order valence-corrected chi connectivity index (χ4v) is 0.968. The van der Waals surface area contributed by atoms with Crippen LogP contribution in [0.3, 0.4) is 0 Å². The molecule has 1 rings (SSSR count). The molecule has 0 saturated heterocycles. The number of aliphatic hydroxyl groups excluding tert-OH is 1. The molecule has 74 valence electrons. The van der Waals surface area contributed by atoms with Crippen LogP contribution >= 0.6 is 0 Å². The molecule has 5 nitrogen and oxygen atoms in total. The summed E-state index contributed by atoms with van der Waals surface area (Å²) in [6.45, 7) is 3.79. The highest BCUT2D eigenvalue weighted by molar-refractivity contribution is 5.39. The van der Waals surface area contributed by atoms with E-state index in [1.54, 1.807) is 19.9 Å². The standard InChI is InChI=1S/C9H12N4O/c1-6(14)5-11-9-3-8(4-10)12-7(2)13-9/h3,6,14H,5H2,1-2H3,(H,11,12,13). The van der Waals surface area contributed by atoms with Crippen molar-refractivity contribution in [2.45, 2.75) is 20.0 Å². The van der Waals surface area contributed by atoms with E-state index < -0.39 is 6.10 Å². The molecule has 0 amide bonds. The van der Waals surface area contributed by atoms with E-state index in [0.29, 0.717) is 23.9 Å². The second kappa shape index (κ2) is 4.53. The Hall–Kier alpha value is -1.67. The Morgan fingerprint density at radius 2 is 2.36 bits per heavy atom. The number of nitrogens with one attached hydrogen (secondary N) is 1. The van der Waals surface area contributed by atoms with Gasteiger partial charge >= 0.3 is 0 Å². The van der Waals surface area contributed by atoms with Gasteiger partial charge in [0.25, 0.3) is 0 Å². The normalized spacial score (nSPS) is 11.9. The van der Waals surface area contributed by atoms with E-state index in [9.17, 15) is 0 Å². The summed E-state index contributed by atoms with van der Waals surface area (Å²) in [6.07, 6.45) is -0.448. The Morgan fingerprint density at radius 1 is 1.64 bits per heavy atom. The molecule has 0 saturated carbocycles. The van der Waals surface area contributed by atoms with Crippen molar-refractivity contribution in [1.29, 1.82) is 5.26 Å². The van der Waals surface area contributed by atoms with Crippen LogP contribution in [0, 0.1) is 18.3 Å². The maximum atomic E-state index is 9.04. The van der Waals surface area contributed by atoms with Gasteiger partial charge in [0, 0.05) is 12.6 Å². The van der Waals surface area contributed by atoms with Gasteiger partial charge in [-0.05, 0) is 13.8 Å². The van der Waals surface area contributed by atoms with Crippen molar-refractivity contribution in [3.05, 3.63) is 17.6 Å². The van der Waals surface area contributed by atoms with Crippen molar-refractivity contribution in [2.75, 3.05) is 11.9 Å². The maximum absolute atomic E-state index is 9.04. The molecule has 1 aromatic heterocycles. The monoisotopic (exact) mass is 192 g/mol. The first-order valence-electron chi connectivity index (χ1n) is 4.29. The Labute approximate surface area is 82.4 Å². The molecule has 0 bridgehead atoms. The third kappa shape index (κ3) is 2.99. The molecule has 5 heteroatoms. The van der Waals surface area contributed by atoms with E-state index in [-0.39, 0.29) is 0 Å². The predicted molar refractivity (Wildman–Crippen MR) is 51.7 cm³/mol. The van der Waals surface area contributed by atoms with Gasteiger partial charge in [-0.15, -0.1) is 0 Å². The third-order valence-corrected chi connectivity index (χ3v) is 1.53. The van der Waals surface area contributed by atoms with Crippen molar-refractivity contribution < 1.29 is 5.11 Å². The SMILES string of the molecule is Cc1nc(C#N)cc(NCC(C)O)n1. The summed E-state index contributed by atoms with van der Waals surface area (Å²) in [7, 11) is 0. The lowest BCUT2D eigenvalue weighted by Crippen LogP contribution is -2.16. The fraction of sp³-hybridized carbons (Fsp3) is 0.444. The zero-order chi connectivity index (χ0) is 10.6. The smallest absolute Gasteiger partial charge is 0.146 e. The summed E-state index contributed by atoms with van der Waals surface area (Å²) in [5.74, 6) is 1.10. The summed E-state index contributed by atoms with van der Waals surface area (Å²) in [5.41, 5.74) is 0.325. The number of hydrogen-bond acceptors (Lipinski definition) is 5. The lowest BCUT2D eigenvalue weighted by Gasteiger charge is -2.07. The number of nitrogens with zero attached hydrogens (tertiary/aromatic N) is 3. The number of aromatic nitrogens is 2. The predicted octanol–water partition coefficient (Wildman–Crippen LogP) is 0.449. The molecule has 0 spiro atoms. The Kier molecular flexibility index (Phi) is 3.37. The number of anilines is 1. The van der Waals surface area contributed by atoms with Gasteiger partial charge in [0.05, 0.1) is 6.10 Å². The van der Waals surface area contributed by atoms with Crippen LogP contribution in [0.5, 0.6) is 0 Å². The molecular weight excluding hydrogens is 180 g/mol. The first kappa shape index (κ1) is 10.4. The van der Waals surface area contributed by atoms with E-state index in [2.05, 4.69) is 15.3 Å². The molecule has 1 unspecified atom stereocenters. The molecule has 1 heterocycles. The zero-order valence-corrected chi connectivity index (χ0v) is 8.15. The molecule has 0 radical (unpaired) electrons. The van der Waals surface area contributed by atoms with Gasteiger partial charge in [0.2, 0.25) is 0 Å². The number of hydrogen-bond donors (Lipinski definition) is 2. The van der Waals surface area contributed by atoms with Gasteiger partial charge in [-0.25, -0.2) is 9.97 Å². The summed E-state index contributed by atoms with van der Waals surface area (Å²) < 4.78 is 0. The van der Waals surface area contributed by atoms with E-state index in [1.165, 1.54) is 0 Å². The molecule has 2 N–H and O–H groups in total. The summed E-state index contributed by atoms with van der Waals surface area (Å²) in [5, 5.41) is 20.6. The van der Waals surface area contributed by atoms with Crippen LogP contribution in [0.1, 0.15) is 18.4 Å². The van der Waals surface area contributed by atoms with Crippen LogP contribution in [0.2, 0.25) is 0 Å². The number of rotatable bonds is 3. The van der Waals surface area contributed by atoms with E-state index in [4.69, 9.17) is 10.4 Å². The highest BCUT2D eigenvalue weighted by atomic mass is 16.3. The minimum Gasteiger partial charge on any atom is -0.392 e. The van der Waals surface area contributed by atoms with E-state index in [1.807, 2.05) is 6.07 Å². The molecule has 0 aromatic carbocycles. The third-order valence-electron chi connectivity index (χ3n) is 1.53. The van der Waals surface area contributed by atoms with E-state index in [0.717, 1.165) is 0 Å². The largest absolute Gasteiger partial charge is 0.392 e. The number of aliphatic hydroxyl groups is 1. The lowest BCUT2D eigenvalue weighted by molar-refractivity contribution is 0.208. The number of aryl methyl sites for hydroxylation is 1. The Bertz CT molecular complexity index is 356. The molecule has 0 aliphatic rings. The maximum Gasteiger partial charge on any atom is 0.146 e. The van der Waals surface area contributed by atoms with Crippen LogP contribution in [0.15, 0.2) is 6.07 Å². The molecule has 14 heavy (non-hydrogen) atoms. The van der Waals surface area contributed by atoms with Crippen LogP contribution in [-0.4, -0.2) is 27.7 Å². The fourth-order valence-electron chi connectivity index (χ4n) is 0.968. The van der Waals surface area contributed by atoms with Gasteiger partial charge in [-0.1, -0.05) is 0 Å². The Balaban J connectivity index is 2.78. The first-order chi connectivity index (χ1) is 6.61. The van der Waals surface area contributed by atoms with Gasteiger partial charge in [-0.3, -0.25) is 0 Å². The van der Waals surface area contributed by atoms with Crippen LogP contribution in [0.25, 0.3) is 0 Å². The van der Waals surface area contributed by atoms with Gasteiger partial charge in [-0.2, -0.15) is 5.26 Å². The van der Waals surface area contributed by atoms with Crippen LogP contribution < -0.4 is 5.32 Å². The second-order valence-corrected chi connectivity index (χ2v) is 3.03. The van der Waals surface area contributed by atoms with E-state index >= 15 is 0 Å². The average Bonchev–Trinajstić information content (AvgIpc) is 2.14. The minimum absolute atomic E-state index is 0.325. The lowest BCUT2D eigenvalue weighted by atomic mass is 10.3. The van der Waals surface area contributed by atoms with Crippen molar-refractivity contribution in [3.63, 3.8) is 0 Å². The van der Waals surface area contributed by atoms with Crippen molar-refractivity contribution in [2.24, 2.45) is 0 Å². The molecule has 0 aliphatic carbocycles. The topological polar surface area (TPSA) is 81.8 Å². The van der Waals surface area contributed by atoms with Gasteiger partial charge in [0.1, 0.15) is 23.4 Å². The second-order valence-electron chi connectivity index (χ2n) is 3.03. The molecule has 0 aliphatic heterocycles. The van der Waals surface area contributed by atoms with Crippen molar-refractivity contribution >= 4 is 5.82 Å². The summed E-state index contributed by atoms with van der Waals surface area (Å²) >= 11 is 0. The molecule has 1 aromatic rings. The quantitative estimate of drug-likeness (QED) is 0.726. The molecule has 0 fully saturated rings. The van der Waals surface area contributed by atoms with Crippen molar-refractivity contribution in [1.82, 2.24) is 9.97 Å². The number of nitriles is 1. The molecular formula is C9H12N4O. The van der Waals surface area contributed by atoms with Crippen LogP contribution in [0.4, 0.5) is 5.82 Å². The minimum atomic E-state index is -0.448. The van der Waals surface area contributed by atoms with Crippen molar-refractivity contribution in [3.8, 4) is 6.07 Å². The summed E-state index contributed by atoms with van der Waals surface area (Å²) in [4.78, 5) is 7.97. The summed E-state index contributed by atoms with van der Waals surface area (Å²) in [6, 6.07) is 3.49. The Morgan fingerprint density at radius 3 is 2.93 bits per heavy atom. The highest BCUT2D eigenvalue weighted by Crippen LogP contribution is 2.05. The first-order valence-corrected chi connectivity index (χ1v) is 4.29. The highest BCUT2D eigenvalue weighted by Gasteiger charge is 2.01. The molecule has 1 atom stereocenters. The van der Waals surface area contributed by atoms with Gasteiger partial charge < -0.3 is 10.4 Å². The van der Waals surface area contributed by atoms with Gasteiger partial charge in [0.15, 0.2) is 0 Å². The average molecular weight is 192 g/mol.